The van der Waals surface area contributed by atoms with Gasteiger partial charge in [-0.25, -0.2) is 22.9 Å². The Morgan fingerprint density at radius 1 is 1.32 bits per heavy atom. The molecule has 0 saturated heterocycles. The molecule has 0 aliphatic heterocycles. The van der Waals surface area contributed by atoms with Gasteiger partial charge in [-0.15, -0.1) is 11.3 Å². The Kier molecular flexibility index (Phi) is 4.84. The number of benzene rings is 1. The smallest absolute Gasteiger partial charge is 0.355 e. The predicted octanol–water partition coefficient (Wildman–Crippen LogP) is 1.21. The molecule has 1 heterocycles. The lowest BCUT2D eigenvalue weighted by molar-refractivity contribution is 0.0691. The zero-order chi connectivity index (χ0) is 18.0. The molecule has 1 aliphatic carbocycles. The Hall–Kier alpha value is -2.30. The van der Waals surface area contributed by atoms with Crippen molar-refractivity contribution in [2.24, 2.45) is 0 Å². The Morgan fingerprint density at radius 2 is 2.08 bits per heavy atom. The first-order chi connectivity index (χ1) is 11.8. The van der Waals surface area contributed by atoms with Gasteiger partial charge in [-0.2, -0.15) is 0 Å². The molecule has 132 valence electrons. The first-order valence-corrected chi connectivity index (χ1v) is 9.80. The van der Waals surface area contributed by atoms with Gasteiger partial charge in [0.15, 0.2) is 5.69 Å². The van der Waals surface area contributed by atoms with Crippen LogP contribution in [0.5, 0.6) is 0 Å². The fourth-order valence-corrected chi connectivity index (χ4v) is 4.10. The first kappa shape index (κ1) is 17.5. The maximum absolute atomic E-state index is 12.2. The number of carbonyl (C=O) groups is 2. The molecule has 1 aromatic heterocycles. The summed E-state index contributed by atoms with van der Waals surface area (Å²) in [5.74, 6) is -1.59. The highest BCUT2D eigenvalue weighted by atomic mass is 32.2. The molecule has 1 amide bonds. The molecule has 8 nitrogen and oxygen atoms in total. The molecule has 10 heteroatoms. The van der Waals surface area contributed by atoms with E-state index < -0.39 is 21.9 Å². The average Bonchev–Trinajstić information content (AvgIpc) is 3.24. The van der Waals surface area contributed by atoms with Gasteiger partial charge < -0.3 is 10.4 Å². The van der Waals surface area contributed by atoms with E-state index in [1.54, 1.807) is 0 Å². The van der Waals surface area contributed by atoms with Crippen LogP contribution >= 0.6 is 11.3 Å². The standard InChI is InChI=1S/C15H15N3O5S2/c19-14(16-7-13-17-12(8-24-13)15(20)21)9-2-1-3-11(6-9)25(22,23)18-10-4-5-10/h1-3,6,8,10,18H,4-5,7H2,(H,16,19)(H,20,21). The lowest BCUT2D eigenvalue weighted by atomic mass is 10.2. The quantitative estimate of drug-likeness (QED) is 0.662. The van der Waals surface area contributed by atoms with E-state index >= 15 is 0 Å². The summed E-state index contributed by atoms with van der Waals surface area (Å²) >= 11 is 1.12. The maximum Gasteiger partial charge on any atom is 0.355 e. The average molecular weight is 381 g/mol. The van der Waals surface area contributed by atoms with Crippen LogP contribution in [0.3, 0.4) is 0 Å². The third kappa shape index (κ3) is 4.41. The van der Waals surface area contributed by atoms with Crippen LogP contribution in [0.15, 0.2) is 34.5 Å². The molecular formula is C15H15N3O5S2. The number of sulfonamides is 1. The molecule has 3 rings (SSSR count). The normalized spacial score (nSPS) is 14.2. The maximum atomic E-state index is 12.2. The number of carboxylic acids is 1. The molecule has 0 spiro atoms. The Balaban J connectivity index is 1.67. The number of nitrogens with one attached hydrogen (secondary N) is 2. The molecule has 1 saturated carbocycles. The van der Waals surface area contributed by atoms with Gasteiger partial charge in [-0.1, -0.05) is 6.07 Å². The number of amides is 1. The van der Waals surface area contributed by atoms with E-state index in [0.29, 0.717) is 5.01 Å². The predicted molar refractivity (Wildman–Crippen MR) is 90.0 cm³/mol. The summed E-state index contributed by atoms with van der Waals surface area (Å²) in [6, 6.07) is 5.74. The van der Waals surface area contributed by atoms with Gasteiger partial charge in [-0.3, -0.25) is 4.79 Å². The Bertz CT molecular complexity index is 919. The summed E-state index contributed by atoms with van der Waals surface area (Å²) in [6.07, 6.45) is 1.65. The van der Waals surface area contributed by atoms with Gasteiger partial charge >= 0.3 is 5.97 Å². The minimum absolute atomic E-state index is 0.0178. The largest absolute Gasteiger partial charge is 0.476 e. The molecule has 1 aromatic carbocycles. The van der Waals surface area contributed by atoms with Crippen LogP contribution in [0.4, 0.5) is 0 Å². The molecule has 25 heavy (non-hydrogen) atoms. The highest BCUT2D eigenvalue weighted by Crippen LogP contribution is 2.22. The molecule has 0 unspecified atom stereocenters. The molecule has 3 N–H and O–H groups in total. The summed E-state index contributed by atoms with van der Waals surface area (Å²) in [5, 5.41) is 13.3. The molecule has 0 atom stereocenters. The number of hydrogen-bond acceptors (Lipinski definition) is 6. The van der Waals surface area contributed by atoms with Gasteiger partial charge in [0.25, 0.3) is 5.91 Å². The zero-order valence-corrected chi connectivity index (χ0v) is 14.6. The molecule has 0 radical (unpaired) electrons. The summed E-state index contributed by atoms with van der Waals surface area (Å²) in [5.41, 5.74) is 0.127. The highest BCUT2D eigenvalue weighted by Gasteiger charge is 2.28. The van der Waals surface area contributed by atoms with Crippen molar-refractivity contribution >= 4 is 33.2 Å². The van der Waals surface area contributed by atoms with Gasteiger partial charge in [0.05, 0.1) is 11.4 Å². The van der Waals surface area contributed by atoms with Gasteiger partial charge in [0.1, 0.15) is 5.01 Å². The molecule has 1 aliphatic rings. The lowest BCUT2D eigenvalue weighted by Crippen LogP contribution is -2.27. The van der Waals surface area contributed by atoms with Crippen molar-refractivity contribution in [2.45, 2.75) is 30.3 Å². The van der Waals surface area contributed by atoms with Crippen LogP contribution in [-0.2, 0) is 16.6 Å². The fraction of sp³-hybridized carbons (Fsp3) is 0.267. The SMILES string of the molecule is O=C(NCc1nc(C(=O)O)cs1)c1cccc(S(=O)(=O)NC2CC2)c1. The van der Waals surface area contributed by atoms with Crippen LogP contribution in [0.25, 0.3) is 0 Å². The second-order valence-corrected chi connectivity index (χ2v) is 8.19. The Morgan fingerprint density at radius 3 is 2.72 bits per heavy atom. The van der Waals surface area contributed by atoms with Crippen molar-refractivity contribution in [3.05, 3.63) is 45.9 Å². The zero-order valence-electron chi connectivity index (χ0n) is 12.9. The topological polar surface area (TPSA) is 125 Å². The first-order valence-electron chi connectivity index (χ1n) is 7.43. The van der Waals surface area contributed by atoms with Crippen LogP contribution in [0, 0.1) is 0 Å². The number of aromatic carboxylic acids is 1. The summed E-state index contributed by atoms with van der Waals surface area (Å²) in [4.78, 5) is 26.9. The second kappa shape index (κ2) is 6.90. The summed E-state index contributed by atoms with van der Waals surface area (Å²) < 4.78 is 27.0. The van der Waals surface area contributed by atoms with Gasteiger partial charge in [-0.05, 0) is 31.0 Å². The number of aromatic nitrogens is 1. The minimum Gasteiger partial charge on any atom is -0.476 e. The third-order valence-electron chi connectivity index (χ3n) is 3.48. The number of carbonyl (C=O) groups excluding carboxylic acids is 1. The van der Waals surface area contributed by atoms with Crippen molar-refractivity contribution < 1.29 is 23.1 Å². The van der Waals surface area contributed by atoms with E-state index in [0.717, 1.165) is 24.2 Å². The van der Waals surface area contributed by atoms with Crippen molar-refractivity contribution in [1.29, 1.82) is 0 Å². The van der Waals surface area contributed by atoms with Crippen LogP contribution in [-0.4, -0.2) is 36.4 Å². The third-order valence-corrected chi connectivity index (χ3v) is 5.84. The van der Waals surface area contributed by atoms with E-state index in [1.807, 2.05) is 0 Å². The van der Waals surface area contributed by atoms with Crippen molar-refractivity contribution in [3.8, 4) is 0 Å². The van der Waals surface area contributed by atoms with E-state index in [1.165, 1.54) is 29.6 Å². The number of hydrogen-bond donors (Lipinski definition) is 3. The van der Waals surface area contributed by atoms with Crippen molar-refractivity contribution in [3.63, 3.8) is 0 Å². The summed E-state index contributed by atoms with van der Waals surface area (Å²) in [7, 11) is -3.63. The van der Waals surface area contributed by atoms with Crippen LogP contribution < -0.4 is 10.0 Å². The van der Waals surface area contributed by atoms with E-state index in [9.17, 15) is 18.0 Å². The lowest BCUT2D eigenvalue weighted by Gasteiger charge is -2.08. The monoisotopic (exact) mass is 381 g/mol. The van der Waals surface area contributed by atoms with Crippen LogP contribution in [0.1, 0.15) is 38.7 Å². The van der Waals surface area contributed by atoms with Gasteiger partial charge in [0.2, 0.25) is 10.0 Å². The highest BCUT2D eigenvalue weighted by molar-refractivity contribution is 7.89. The van der Waals surface area contributed by atoms with Crippen LogP contribution in [0.2, 0.25) is 0 Å². The molecule has 0 bridgehead atoms. The summed E-state index contributed by atoms with van der Waals surface area (Å²) in [6.45, 7) is 0.0636. The van der Waals surface area contributed by atoms with Gasteiger partial charge in [0, 0.05) is 17.0 Å². The van der Waals surface area contributed by atoms with E-state index in [2.05, 4.69) is 15.0 Å². The van der Waals surface area contributed by atoms with E-state index in [-0.39, 0.29) is 28.7 Å². The number of rotatable bonds is 7. The molecule has 2 aromatic rings. The molecular weight excluding hydrogens is 366 g/mol. The number of thiazole rings is 1. The van der Waals surface area contributed by atoms with Crippen molar-refractivity contribution in [1.82, 2.24) is 15.0 Å². The Labute approximate surface area is 148 Å². The van der Waals surface area contributed by atoms with Crippen molar-refractivity contribution in [2.75, 3.05) is 0 Å². The fourth-order valence-electron chi connectivity index (χ4n) is 2.04. The minimum atomic E-state index is -3.63. The second-order valence-electron chi connectivity index (χ2n) is 5.54. The van der Waals surface area contributed by atoms with E-state index in [4.69, 9.17) is 5.11 Å². The molecule has 1 fully saturated rings. The number of nitrogens with zero attached hydrogens (tertiary/aromatic N) is 1. The number of carboxylic acid groups (broad SMARTS) is 1.